The summed E-state index contributed by atoms with van der Waals surface area (Å²) in [5.41, 5.74) is 2.50. The van der Waals surface area contributed by atoms with E-state index >= 15 is 0 Å². The van der Waals surface area contributed by atoms with Gasteiger partial charge in [-0.15, -0.1) is 0 Å². The molecule has 1 aromatic carbocycles. The van der Waals surface area contributed by atoms with Crippen molar-refractivity contribution in [3.63, 3.8) is 0 Å². The van der Waals surface area contributed by atoms with Crippen LogP contribution in [0.4, 0.5) is 20.3 Å². The molecular weight excluding hydrogens is 544 g/mol. The van der Waals surface area contributed by atoms with Gasteiger partial charge < -0.3 is 15.5 Å². The van der Waals surface area contributed by atoms with Gasteiger partial charge in [0.1, 0.15) is 17.4 Å². The highest BCUT2D eigenvalue weighted by atomic mass is 32.2. The molecule has 6 rings (SSSR count). The number of carbonyl (C=O) groups is 2. The van der Waals surface area contributed by atoms with Crippen LogP contribution in [0.25, 0.3) is 5.82 Å². The molecule has 4 heterocycles. The molecule has 2 N–H and O–H groups in total. The van der Waals surface area contributed by atoms with Crippen LogP contribution in [0, 0.1) is 11.3 Å². The summed E-state index contributed by atoms with van der Waals surface area (Å²) in [4.78, 5) is 32.0. The fourth-order valence-electron chi connectivity index (χ4n) is 5.64. The molecular formula is C26H23F2N7O4S. The van der Waals surface area contributed by atoms with Crippen molar-refractivity contribution >= 4 is 33.2 Å². The fourth-order valence-corrected chi connectivity index (χ4v) is 6.19. The Morgan fingerprint density at radius 1 is 1.25 bits per heavy atom. The van der Waals surface area contributed by atoms with Crippen LogP contribution in [0.3, 0.4) is 0 Å². The predicted molar refractivity (Wildman–Crippen MR) is 139 cm³/mol. The number of fused-ring (bicyclic) bond motifs is 3. The molecule has 0 saturated carbocycles. The number of hydrogen-bond acceptors (Lipinski definition) is 8. The molecule has 206 valence electrons. The second-order valence-corrected chi connectivity index (χ2v) is 12.6. The normalized spacial score (nSPS) is 20.8. The van der Waals surface area contributed by atoms with Crippen molar-refractivity contribution in [1.82, 2.24) is 20.1 Å². The van der Waals surface area contributed by atoms with E-state index in [0.29, 0.717) is 29.8 Å². The zero-order chi connectivity index (χ0) is 28.4. The lowest BCUT2D eigenvalue weighted by Gasteiger charge is -2.41. The van der Waals surface area contributed by atoms with Gasteiger partial charge in [0.2, 0.25) is 5.91 Å². The van der Waals surface area contributed by atoms with Gasteiger partial charge in [-0.2, -0.15) is 15.0 Å². The maximum Gasteiger partial charge on any atom is 0.282 e. The van der Waals surface area contributed by atoms with E-state index in [0.717, 1.165) is 17.4 Å². The van der Waals surface area contributed by atoms with Crippen LogP contribution in [-0.2, 0) is 33.0 Å². The molecule has 2 aromatic heterocycles. The van der Waals surface area contributed by atoms with Gasteiger partial charge in [-0.1, -0.05) is 6.07 Å². The predicted octanol–water partition coefficient (Wildman–Crippen LogP) is 1.70. The first-order chi connectivity index (χ1) is 18.9. The Hall–Kier alpha value is -4.38. The number of sulfone groups is 1. The van der Waals surface area contributed by atoms with Crippen molar-refractivity contribution < 1.29 is 26.8 Å². The Kier molecular flexibility index (Phi) is 5.70. The number of alkyl halides is 2. The summed E-state index contributed by atoms with van der Waals surface area (Å²) in [6.07, 6.45) is 3.71. The standard InChI is InChI=1S/C26H23F2N7O4S/c1-40(38,39)12-21(36)31-23-22-19(33-35(23)20-5-2-15(10-29)11-30-20)9-25(32-24(22)37)7-6-16-8-17(3-4-18(16)25)34-13-26(27,28)14-34/h2-5,8,11H,6-7,9,12-14H2,1H3,(H,31,36)(H,32,37)/t25-/m1/s1. The SMILES string of the molecule is CS(=O)(=O)CC(=O)Nc1c2c(nn1-c1ccc(C#N)cn1)C[C@@]1(CCc3cc(N4CC(F)(F)C4)ccc31)NC2=O. The largest absolute Gasteiger partial charge is 0.359 e. The minimum absolute atomic E-state index is 0.0273. The smallest absolute Gasteiger partial charge is 0.282 e. The lowest BCUT2D eigenvalue weighted by Crippen LogP contribution is -2.56. The number of anilines is 2. The van der Waals surface area contributed by atoms with Crippen LogP contribution >= 0.6 is 0 Å². The van der Waals surface area contributed by atoms with Gasteiger partial charge in [-0.3, -0.25) is 9.59 Å². The molecule has 1 spiro atoms. The first kappa shape index (κ1) is 25.9. The lowest BCUT2D eigenvalue weighted by atomic mass is 9.82. The highest BCUT2D eigenvalue weighted by Crippen LogP contribution is 2.45. The number of nitrogens with zero attached hydrogens (tertiary/aromatic N) is 5. The van der Waals surface area contributed by atoms with Crippen LogP contribution in [0.2, 0.25) is 0 Å². The van der Waals surface area contributed by atoms with E-state index in [1.54, 1.807) is 11.0 Å². The van der Waals surface area contributed by atoms with Gasteiger partial charge in [-0.25, -0.2) is 22.2 Å². The van der Waals surface area contributed by atoms with Crippen molar-refractivity contribution in [3.05, 3.63) is 64.5 Å². The van der Waals surface area contributed by atoms with Gasteiger partial charge in [0.25, 0.3) is 11.8 Å². The number of nitriles is 1. The number of halogens is 2. The number of pyridine rings is 1. The Morgan fingerprint density at radius 3 is 2.67 bits per heavy atom. The quantitative estimate of drug-likeness (QED) is 0.473. The zero-order valence-corrected chi connectivity index (χ0v) is 22.1. The number of hydrogen-bond donors (Lipinski definition) is 2. The second kappa shape index (κ2) is 8.82. The second-order valence-electron chi connectivity index (χ2n) is 10.5. The zero-order valence-electron chi connectivity index (χ0n) is 21.2. The Bertz CT molecular complexity index is 1720. The molecule has 1 aliphatic carbocycles. The third kappa shape index (κ3) is 4.45. The molecule has 3 aromatic rings. The van der Waals surface area contributed by atoms with Crippen LogP contribution < -0.4 is 15.5 Å². The summed E-state index contributed by atoms with van der Waals surface area (Å²) in [6, 6.07) is 10.5. The number of amides is 2. The lowest BCUT2D eigenvalue weighted by molar-refractivity contribution is -0.113. The van der Waals surface area contributed by atoms with E-state index in [-0.39, 0.29) is 36.7 Å². The van der Waals surface area contributed by atoms with E-state index in [1.165, 1.54) is 23.0 Å². The van der Waals surface area contributed by atoms with Crippen molar-refractivity contribution in [1.29, 1.82) is 5.26 Å². The van der Waals surface area contributed by atoms with Crippen molar-refractivity contribution in [2.24, 2.45) is 0 Å². The minimum atomic E-state index is -3.65. The first-order valence-corrected chi connectivity index (χ1v) is 14.5. The Morgan fingerprint density at radius 2 is 2.02 bits per heavy atom. The van der Waals surface area contributed by atoms with Crippen LogP contribution in [0.5, 0.6) is 0 Å². The third-order valence-electron chi connectivity index (χ3n) is 7.39. The molecule has 0 radical (unpaired) electrons. The molecule has 0 unspecified atom stereocenters. The third-order valence-corrected chi connectivity index (χ3v) is 8.17. The van der Waals surface area contributed by atoms with Crippen molar-refractivity contribution in [2.75, 3.05) is 35.3 Å². The summed E-state index contributed by atoms with van der Waals surface area (Å²) in [7, 11) is -3.65. The molecule has 0 bridgehead atoms. The number of carbonyl (C=O) groups excluding carboxylic acids is 2. The van der Waals surface area contributed by atoms with E-state index in [9.17, 15) is 26.8 Å². The number of aromatic nitrogens is 3. The van der Waals surface area contributed by atoms with Gasteiger partial charge in [0.15, 0.2) is 21.5 Å². The van der Waals surface area contributed by atoms with E-state index in [2.05, 4.69) is 20.7 Å². The minimum Gasteiger partial charge on any atom is -0.359 e. The molecule has 3 aliphatic rings. The van der Waals surface area contributed by atoms with Gasteiger partial charge in [0.05, 0.1) is 29.9 Å². The fraction of sp³-hybridized carbons (Fsp3) is 0.346. The average Bonchev–Trinajstić information content (AvgIpc) is 3.39. The van der Waals surface area contributed by atoms with Crippen molar-refractivity contribution in [2.45, 2.75) is 30.7 Å². The number of aryl methyl sites for hydroxylation is 1. The topological polar surface area (TPSA) is 150 Å². The van der Waals surface area contributed by atoms with E-state index in [4.69, 9.17) is 5.26 Å². The summed E-state index contributed by atoms with van der Waals surface area (Å²) in [5.74, 6) is -4.64. The Labute approximate surface area is 227 Å². The first-order valence-electron chi connectivity index (χ1n) is 12.4. The van der Waals surface area contributed by atoms with E-state index in [1.807, 2.05) is 18.2 Å². The molecule has 14 heteroatoms. The van der Waals surface area contributed by atoms with Crippen LogP contribution in [-0.4, -0.2) is 66.0 Å². The molecule has 11 nitrogen and oxygen atoms in total. The maximum absolute atomic E-state index is 13.6. The number of benzene rings is 1. The van der Waals surface area contributed by atoms with E-state index < -0.39 is 38.9 Å². The maximum atomic E-state index is 13.6. The molecule has 2 amide bonds. The van der Waals surface area contributed by atoms with Crippen LogP contribution in [0.15, 0.2) is 36.5 Å². The summed E-state index contributed by atoms with van der Waals surface area (Å²) in [6.45, 7) is -0.655. The highest BCUT2D eigenvalue weighted by Gasteiger charge is 2.48. The number of nitrogens with one attached hydrogen (secondary N) is 2. The summed E-state index contributed by atoms with van der Waals surface area (Å²) < 4.78 is 51.5. The summed E-state index contributed by atoms with van der Waals surface area (Å²) in [5, 5.41) is 19.3. The summed E-state index contributed by atoms with van der Waals surface area (Å²) >= 11 is 0. The van der Waals surface area contributed by atoms with Crippen LogP contribution in [0.1, 0.15) is 39.2 Å². The molecule has 2 aliphatic heterocycles. The van der Waals surface area contributed by atoms with Gasteiger partial charge in [0, 0.05) is 24.6 Å². The average molecular weight is 568 g/mol. The highest BCUT2D eigenvalue weighted by molar-refractivity contribution is 7.91. The molecule has 1 saturated heterocycles. The Balaban J connectivity index is 1.38. The monoisotopic (exact) mass is 567 g/mol. The van der Waals surface area contributed by atoms with Crippen molar-refractivity contribution in [3.8, 4) is 11.9 Å². The molecule has 1 atom stereocenters. The van der Waals surface area contributed by atoms with Gasteiger partial charge in [-0.05, 0) is 48.2 Å². The van der Waals surface area contributed by atoms with Gasteiger partial charge >= 0.3 is 0 Å². The molecule has 40 heavy (non-hydrogen) atoms. The number of rotatable bonds is 5. The molecule has 1 fully saturated rings.